The minimum Gasteiger partial charge on any atom is -0.337 e. The van der Waals surface area contributed by atoms with Crippen molar-refractivity contribution in [3.05, 3.63) is 72.5 Å². The SMILES string of the molecule is Cc1cnc(C(=O)N2CCC[C@H](c3nc4ccc(-c5ccncc5)cn4n3)C2)cn1. The number of hydrogen-bond acceptors (Lipinski definition) is 6. The molecule has 0 bridgehead atoms. The van der Waals surface area contributed by atoms with Gasteiger partial charge in [0.1, 0.15) is 5.69 Å². The van der Waals surface area contributed by atoms with Crippen molar-refractivity contribution in [2.45, 2.75) is 25.7 Å². The molecule has 0 aromatic carbocycles. The number of hydrogen-bond donors (Lipinski definition) is 0. The molecule has 150 valence electrons. The molecule has 1 amide bonds. The first-order chi connectivity index (χ1) is 14.7. The van der Waals surface area contributed by atoms with Gasteiger partial charge in [-0.2, -0.15) is 5.10 Å². The molecular weight excluding hydrogens is 378 g/mol. The Labute approximate surface area is 173 Å². The van der Waals surface area contributed by atoms with Crippen LogP contribution in [0.15, 0.2) is 55.2 Å². The summed E-state index contributed by atoms with van der Waals surface area (Å²) in [5.41, 5.74) is 4.11. The smallest absolute Gasteiger partial charge is 0.274 e. The Morgan fingerprint density at radius 3 is 2.73 bits per heavy atom. The maximum atomic E-state index is 12.8. The molecule has 0 saturated carbocycles. The molecule has 1 aliphatic rings. The number of carbonyl (C=O) groups is 1. The highest BCUT2D eigenvalue weighted by molar-refractivity contribution is 5.92. The van der Waals surface area contributed by atoms with Crippen LogP contribution >= 0.6 is 0 Å². The zero-order valence-electron chi connectivity index (χ0n) is 16.6. The van der Waals surface area contributed by atoms with E-state index in [1.807, 2.05) is 46.8 Å². The van der Waals surface area contributed by atoms with Crippen molar-refractivity contribution in [1.29, 1.82) is 0 Å². The van der Waals surface area contributed by atoms with E-state index < -0.39 is 0 Å². The van der Waals surface area contributed by atoms with Crippen LogP contribution in [-0.4, -0.2) is 53.4 Å². The molecule has 5 heterocycles. The highest BCUT2D eigenvalue weighted by Gasteiger charge is 2.28. The lowest BCUT2D eigenvalue weighted by Gasteiger charge is -2.31. The molecule has 1 saturated heterocycles. The molecule has 0 unspecified atom stereocenters. The summed E-state index contributed by atoms with van der Waals surface area (Å²) in [4.78, 5) is 31.9. The van der Waals surface area contributed by atoms with Gasteiger partial charge in [0.05, 0.1) is 11.9 Å². The maximum Gasteiger partial charge on any atom is 0.274 e. The highest BCUT2D eigenvalue weighted by atomic mass is 16.2. The number of amides is 1. The van der Waals surface area contributed by atoms with Gasteiger partial charge in [0.2, 0.25) is 0 Å². The topological polar surface area (TPSA) is 89.2 Å². The fraction of sp³-hybridized carbons (Fsp3) is 0.273. The summed E-state index contributed by atoms with van der Waals surface area (Å²) < 4.78 is 1.82. The molecule has 5 rings (SSSR count). The van der Waals surface area contributed by atoms with Crippen molar-refractivity contribution in [3.63, 3.8) is 0 Å². The number of piperidine rings is 1. The minimum atomic E-state index is -0.0871. The van der Waals surface area contributed by atoms with Gasteiger partial charge >= 0.3 is 0 Å². The fourth-order valence-corrected chi connectivity index (χ4v) is 3.83. The Balaban J connectivity index is 1.38. The standard InChI is InChI=1S/C22H21N7O/c1-15-11-25-19(12-24-15)22(30)28-10-2-3-18(13-28)21-26-20-5-4-17(14-29(20)27-21)16-6-8-23-9-7-16/h4-9,11-12,14,18H,2-3,10,13H2,1H3/t18-/m0/s1. The van der Waals surface area contributed by atoms with E-state index in [1.54, 1.807) is 24.8 Å². The van der Waals surface area contributed by atoms with Crippen LogP contribution in [0.1, 0.15) is 40.8 Å². The summed E-state index contributed by atoms with van der Waals surface area (Å²) >= 11 is 0. The summed E-state index contributed by atoms with van der Waals surface area (Å²) in [5, 5.41) is 4.72. The van der Waals surface area contributed by atoms with E-state index in [2.05, 4.69) is 15.0 Å². The van der Waals surface area contributed by atoms with Gasteiger partial charge in [0.15, 0.2) is 11.5 Å². The molecule has 4 aromatic heterocycles. The molecule has 8 nitrogen and oxygen atoms in total. The average molecular weight is 399 g/mol. The highest BCUT2D eigenvalue weighted by Crippen LogP contribution is 2.26. The summed E-state index contributed by atoms with van der Waals surface area (Å²) in [6.45, 7) is 3.15. The predicted molar refractivity (Wildman–Crippen MR) is 111 cm³/mol. The fourth-order valence-electron chi connectivity index (χ4n) is 3.83. The lowest BCUT2D eigenvalue weighted by atomic mass is 9.97. The average Bonchev–Trinajstić information content (AvgIpc) is 3.23. The molecule has 8 heteroatoms. The molecule has 0 N–H and O–H groups in total. The molecule has 4 aromatic rings. The Hall–Kier alpha value is -3.68. The molecule has 0 spiro atoms. The van der Waals surface area contributed by atoms with Crippen LogP contribution in [0.5, 0.6) is 0 Å². The van der Waals surface area contributed by atoms with Crippen molar-refractivity contribution in [1.82, 2.24) is 34.4 Å². The second-order valence-corrected chi connectivity index (χ2v) is 7.56. The van der Waals surface area contributed by atoms with E-state index in [1.165, 1.54) is 0 Å². The molecule has 30 heavy (non-hydrogen) atoms. The van der Waals surface area contributed by atoms with Gasteiger partial charge in [0, 0.05) is 49.4 Å². The van der Waals surface area contributed by atoms with E-state index in [-0.39, 0.29) is 11.8 Å². The predicted octanol–water partition coefficient (Wildman–Crippen LogP) is 2.91. The Morgan fingerprint density at radius 2 is 1.93 bits per heavy atom. The van der Waals surface area contributed by atoms with E-state index in [0.29, 0.717) is 18.8 Å². The number of nitrogens with zero attached hydrogens (tertiary/aromatic N) is 7. The van der Waals surface area contributed by atoms with Gasteiger partial charge in [-0.1, -0.05) is 0 Å². The van der Waals surface area contributed by atoms with E-state index in [9.17, 15) is 4.79 Å². The van der Waals surface area contributed by atoms with Gasteiger partial charge in [-0.3, -0.25) is 14.8 Å². The van der Waals surface area contributed by atoms with Crippen LogP contribution in [0.3, 0.4) is 0 Å². The van der Waals surface area contributed by atoms with Crippen LogP contribution < -0.4 is 0 Å². The lowest BCUT2D eigenvalue weighted by molar-refractivity contribution is 0.0698. The molecule has 0 radical (unpaired) electrons. The normalized spacial score (nSPS) is 16.7. The largest absolute Gasteiger partial charge is 0.337 e. The van der Waals surface area contributed by atoms with Crippen LogP contribution in [0.2, 0.25) is 0 Å². The summed E-state index contributed by atoms with van der Waals surface area (Å²) in [6.07, 6.45) is 10.6. The molecule has 1 atom stereocenters. The molecule has 1 fully saturated rings. The number of pyridine rings is 2. The van der Waals surface area contributed by atoms with Crippen molar-refractivity contribution in [2.75, 3.05) is 13.1 Å². The first-order valence-electron chi connectivity index (χ1n) is 10.0. The summed E-state index contributed by atoms with van der Waals surface area (Å²) in [5.74, 6) is 0.788. The third-order valence-corrected chi connectivity index (χ3v) is 5.43. The Kier molecular flexibility index (Phi) is 4.66. The quantitative estimate of drug-likeness (QED) is 0.526. The number of likely N-dealkylation sites (tertiary alicyclic amines) is 1. The van der Waals surface area contributed by atoms with Gasteiger partial charge in [-0.25, -0.2) is 14.5 Å². The Bertz CT molecular complexity index is 1190. The first-order valence-corrected chi connectivity index (χ1v) is 10.0. The minimum absolute atomic E-state index is 0.0871. The molecule has 0 aliphatic carbocycles. The number of fused-ring (bicyclic) bond motifs is 1. The van der Waals surface area contributed by atoms with Crippen LogP contribution in [0, 0.1) is 6.92 Å². The first kappa shape index (κ1) is 18.4. The number of aromatic nitrogens is 6. The van der Waals surface area contributed by atoms with Gasteiger partial charge in [-0.05, 0) is 49.6 Å². The van der Waals surface area contributed by atoms with Gasteiger partial charge in [-0.15, -0.1) is 0 Å². The second-order valence-electron chi connectivity index (χ2n) is 7.56. The summed E-state index contributed by atoms with van der Waals surface area (Å²) in [6, 6.07) is 7.95. The third kappa shape index (κ3) is 3.52. The number of rotatable bonds is 3. The lowest BCUT2D eigenvalue weighted by Crippen LogP contribution is -2.39. The van der Waals surface area contributed by atoms with Crippen LogP contribution in [0.25, 0.3) is 16.8 Å². The monoisotopic (exact) mass is 399 g/mol. The van der Waals surface area contributed by atoms with Crippen molar-refractivity contribution in [2.24, 2.45) is 0 Å². The molecule has 1 aliphatic heterocycles. The van der Waals surface area contributed by atoms with E-state index in [0.717, 1.165) is 41.1 Å². The number of aryl methyl sites for hydroxylation is 1. The van der Waals surface area contributed by atoms with Crippen LogP contribution in [-0.2, 0) is 0 Å². The van der Waals surface area contributed by atoms with Gasteiger partial charge in [0.25, 0.3) is 5.91 Å². The van der Waals surface area contributed by atoms with E-state index in [4.69, 9.17) is 10.1 Å². The zero-order chi connectivity index (χ0) is 20.5. The molecular formula is C22H21N7O. The van der Waals surface area contributed by atoms with E-state index >= 15 is 0 Å². The van der Waals surface area contributed by atoms with Crippen molar-refractivity contribution >= 4 is 11.6 Å². The van der Waals surface area contributed by atoms with Crippen molar-refractivity contribution in [3.8, 4) is 11.1 Å². The maximum absolute atomic E-state index is 12.8. The second kappa shape index (κ2) is 7.62. The van der Waals surface area contributed by atoms with Crippen molar-refractivity contribution < 1.29 is 4.79 Å². The zero-order valence-corrected chi connectivity index (χ0v) is 16.6. The van der Waals surface area contributed by atoms with Crippen LogP contribution in [0.4, 0.5) is 0 Å². The third-order valence-electron chi connectivity index (χ3n) is 5.43. The number of carbonyl (C=O) groups excluding carboxylic acids is 1. The summed E-state index contributed by atoms with van der Waals surface area (Å²) in [7, 11) is 0. The van der Waals surface area contributed by atoms with Gasteiger partial charge < -0.3 is 4.90 Å². The Morgan fingerprint density at radius 1 is 1.07 bits per heavy atom.